The van der Waals surface area contributed by atoms with Gasteiger partial charge >= 0.3 is 0 Å². The predicted molar refractivity (Wildman–Crippen MR) is 54.6 cm³/mol. The average Bonchev–Trinajstić information content (AvgIpc) is 2.15. The standard InChI is InChI=1S/C9H7N3S/c10-6-7(9(11)13)5-8-3-1-2-4-12-8/h1-5H,(H2,11,13)/b7-5-. The Balaban J connectivity index is 3.01. The molecule has 0 aliphatic rings. The lowest BCUT2D eigenvalue weighted by Crippen LogP contribution is -2.09. The van der Waals surface area contributed by atoms with Gasteiger partial charge < -0.3 is 5.73 Å². The van der Waals surface area contributed by atoms with E-state index in [0.29, 0.717) is 5.69 Å². The lowest BCUT2D eigenvalue weighted by atomic mass is 10.2. The van der Waals surface area contributed by atoms with Gasteiger partial charge in [-0.05, 0) is 18.2 Å². The first-order valence-electron chi connectivity index (χ1n) is 3.56. The second-order valence-electron chi connectivity index (χ2n) is 2.29. The van der Waals surface area contributed by atoms with Crippen LogP contribution in [0.1, 0.15) is 5.69 Å². The average molecular weight is 189 g/mol. The van der Waals surface area contributed by atoms with Gasteiger partial charge in [0.1, 0.15) is 11.1 Å². The van der Waals surface area contributed by atoms with E-state index in [-0.39, 0.29) is 10.6 Å². The van der Waals surface area contributed by atoms with Crippen LogP contribution in [0.5, 0.6) is 0 Å². The van der Waals surface area contributed by atoms with E-state index in [4.69, 9.17) is 11.0 Å². The zero-order chi connectivity index (χ0) is 9.68. The molecule has 0 aliphatic carbocycles. The third-order valence-corrected chi connectivity index (χ3v) is 1.59. The van der Waals surface area contributed by atoms with E-state index in [1.165, 1.54) is 0 Å². The second kappa shape index (κ2) is 4.33. The maximum absolute atomic E-state index is 8.64. The fourth-order valence-corrected chi connectivity index (χ4v) is 0.872. The van der Waals surface area contributed by atoms with Gasteiger partial charge in [0.15, 0.2) is 0 Å². The summed E-state index contributed by atoms with van der Waals surface area (Å²) in [5, 5.41) is 8.64. The fourth-order valence-electron chi connectivity index (χ4n) is 0.768. The number of nitrogens with zero attached hydrogens (tertiary/aromatic N) is 2. The molecule has 1 aromatic heterocycles. The van der Waals surface area contributed by atoms with E-state index in [0.717, 1.165) is 0 Å². The zero-order valence-electron chi connectivity index (χ0n) is 6.77. The molecule has 0 fully saturated rings. The highest BCUT2D eigenvalue weighted by molar-refractivity contribution is 7.80. The number of rotatable bonds is 2. The Hall–Kier alpha value is -1.73. The van der Waals surface area contributed by atoms with Crippen molar-refractivity contribution in [1.82, 2.24) is 4.98 Å². The van der Waals surface area contributed by atoms with Crippen LogP contribution < -0.4 is 5.73 Å². The van der Waals surface area contributed by atoms with Gasteiger partial charge in [0.25, 0.3) is 0 Å². The van der Waals surface area contributed by atoms with E-state index < -0.39 is 0 Å². The summed E-state index contributed by atoms with van der Waals surface area (Å²) in [5.74, 6) is 0. The van der Waals surface area contributed by atoms with Crippen LogP contribution in [-0.4, -0.2) is 9.97 Å². The minimum atomic E-state index is 0.0909. The lowest BCUT2D eigenvalue weighted by molar-refractivity contribution is 1.29. The minimum Gasteiger partial charge on any atom is -0.389 e. The van der Waals surface area contributed by atoms with Crippen molar-refractivity contribution in [2.24, 2.45) is 5.73 Å². The van der Waals surface area contributed by atoms with E-state index in [1.807, 2.05) is 12.1 Å². The summed E-state index contributed by atoms with van der Waals surface area (Å²) in [6.07, 6.45) is 3.20. The van der Waals surface area contributed by atoms with Gasteiger partial charge in [-0.1, -0.05) is 18.3 Å². The molecule has 1 rings (SSSR count). The van der Waals surface area contributed by atoms with Crippen LogP contribution in [0.4, 0.5) is 0 Å². The molecule has 0 unspecified atom stereocenters. The highest BCUT2D eigenvalue weighted by Gasteiger charge is 1.98. The van der Waals surface area contributed by atoms with Crippen molar-refractivity contribution in [3.05, 3.63) is 35.7 Å². The molecule has 2 N–H and O–H groups in total. The van der Waals surface area contributed by atoms with Crippen molar-refractivity contribution >= 4 is 23.3 Å². The number of thiocarbonyl (C=S) groups is 1. The van der Waals surface area contributed by atoms with Crippen molar-refractivity contribution in [1.29, 1.82) is 5.26 Å². The first kappa shape index (κ1) is 9.36. The van der Waals surface area contributed by atoms with Crippen LogP contribution in [0.25, 0.3) is 6.08 Å². The molecular formula is C9H7N3S. The van der Waals surface area contributed by atoms with Crippen LogP contribution in [0, 0.1) is 11.3 Å². The van der Waals surface area contributed by atoms with E-state index in [1.54, 1.807) is 24.4 Å². The van der Waals surface area contributed by atoms with Crippen LogP contribution >= 0.6 is 12.2 Å². The number of nitrogens with two attached hydrogens (primary N) is 1. The SMILES string of the molecule is N#C/C(=C/c1ccccn1)C(N)=S. The molecule has 1 aromatic rings. The number of pyridine rings is 1. The van der Waals surface area contributed by atoms with Gasteiger partial charge in [0, 0.05) is 6.20 Å². The zero-order valence-corrected chi connectivity index (χ0v) is 7.58. The first-order chi connectivity index (χ1) is 6.24. The molecule has 0 spiro atoms. The third kappa shape index (κ3) is 2.65. The summed E-state index contributed by atoms with van der Waals surface area (Å²) in [5.41, 5.74) is 6.25. The normalized spacial score (nSPS) is 10.5. The Morgan fingerprint density at radius 3 is 2.85 bits per heavy atom. The largest absolute Gasteiger partial charge is 0.389 e. The van der Waals surface area contributed by atoms with Crippen molar-refractivity contribution in [2.45, 2.75) is 0 Å². The molecule has 0 aliphatic heterocycles. The highest BCUT2D eigenvalue weighted by atomic mass is 32.1. The molecule has 3 nitrogen and oxygen atoms in total. The lowest BCUT2D eigenvalue weighted by Gasteiger charge is -1.93. The highest BCUT2D eigenvalue weighted by Crippen LogP contribution is 2.02. The van der Waals surface area contributed by atoms with Crippen molar-refractivity contribution in [3.8, 4) is 6.07 Å². The van der Waals surface area contributed by atoms with Crippen molar-refractivity contribution in [3.63, 3.8) is 0 Å². The molecule has 0 bridgehead atoms. The Kier molecular flexibility index (Phi) is 3.12. The van der Waals surface area contributed by atoms with Gasteiger partial charge in [-0.2, -0.15) is 5.26 Å². The second-order valence-corrected chi connectivity index (χ2v) is 2.73. The summed E-state index contributed by atoms with van der Waals surface area (Å²) in [7, 11) is 0. The quantitative estimate of drug-likeness (QED) is 0.432. The van der Waals surface area contributed by atoms with Gasteiger partial charge in [-0.15, -0.1) is 0 Å². The number of nitriles is 1. The monoisotopic (exact) mass is 189 g/mol. The van der Waals surface area contributed by atoms with E-state index >= 15 is 0 Å². The van der Waals surface area contributed by atoms with Crippen molar-refractivity contribution in [2.75, 3.05) is 0 Å². The molecule has 64 valence electrons. The van der Waals surface area contributed by atoms with E-state index in [2.05, 4.69) is 17.2 Å². The molecule has 0 aromatic carbocycles. The third-order valence-electron chi connectivity index (χ3n) is 1.37. The topological polar surface area (TPSA) is 62.7 Å². The summed E-state index contributed by atoms with van der Waals surface area (Å²) >= 11 is 4.67. The van der Waals surface area contributed by atoms with Crippen LogP contribution in [0.15, 0.2) is 30.0 Å². The molecule has 13 heavy (non-hydrogen) atoms. The summed E-state index contributed by atoms with van der Waals surface area (Å²) in [6.45, 7) is 0. The Morgan fingerprint density at radius 1 is 1.62 bits per heavy atom. The molecule has 0 amide bonds. The number of hydrogen-bond donors (Lipinski definition) is 1. The Labute approximate surface area is 81.5 Å². The summed E-state index contributed by atoms with van der Waals surface area (Å²) < 4.78 is 0. The summed E-state index contributed by atoms with van der Waals surface area (Å²) in [4.78, 5) is 4.10. The Morgan fingerprint density at radius 2 is 2.38 bits per heavy atom. The summed E-state index contributed by atoms with van der Waals surface area (Å²) in [6, 6.07) is 7.30. The van der Waals surface area contributed by atoms with Crippen molar-refractivity contribution < 1.29 is 0 Å². The van der Waals surface area contributed by atoms with Crippen LogP contribution in [-0.2, 0) is 0 Å². The Bertz CT molecular complexity index is 376. The van der Waals surface area contributed by atoms with Gasteiger partial charge in [-0.3, -0.25) is 4.98 Å². The smallest absolute Gasteiger partial charge is 0.114 e. The maximum atomic E-state index is 8.64. The predicted octanol–water partition coefficient (Wildman–Crippen LogP) is 1.27. The maximum Gasteiger partial charge on any atom is 0.114 e. The molecule has 1 heterocycles. The van der Waals surface area contributed by atoms with Crippen LogP contribution in [0.2, 0.25) is 0 Å². The minimum absolute atomic E-state index is 0.0909. The molecule has 0 saturated heterocycles. The first-order valence-corrected chi connectivity index (χ1v) is 3.97. The molecule has 0 atom stereocenters. The number of hydrogen-bond acceptors (Lipinski definition) is 3. The van der Waals surface area contributed by atoms with Gasteiger partial charge in [0.05, 0.1) is 11.3 Å². The molecule has 0 radical (unpaired) electrons. The number of aromatic nitrogens is 1. The van der Waals surface area contributed by atoms with Gasteiger partial charge in [-0.25, -0.2) is 0 Å². The van der Waals surface area contributed by atoms with Gasteiger partial charge in [0.2, 0.25) is 0 Å². The molecular weight excluding hydrogens is 182 g/mol. The van der Waals surface area contributed by atoms with Crippen LogP contribution in [0.3, 0.4) is 0 Å². The van der Waals surface area contributed by atoms with E-state index in [9.17, 15) is 0 Å². The molecule has 4 heteroatoms. The fraction of sp³-hybridized carbons (Fsp3) is 0. The molecule has 0 saturated carbocycles.